The lowest BCUT2D eigenvalue weighted by Gasteiger charge is -2.30. The Hall–Kier alpha value is -1.36. The zero-order valence-corrected chi connectivity index (χ0v) is 10.2. The van der Waals surface area contributed by atoms with Crippen molar-refractivity contribution in [3.8, 4) is 0 Å². The van der Waals surface area contributed by atoms with E-state index in [4.69, 9.17) is 0 Å². The van der Waals surface area contributed by atoms with Crippen molar-refractivity contribution >= 4 is 11.6 Å². The standard InChI is InChI=1S/C11H19N5/c1-8-10(12-3)14-9(2)15-11(8)16-6-4-13-5-7-16/h13H,4-7H2,1-3H3,(H,12,14,15). The monoisotopic (exact) mass is 221 g/mol. The largest absolute Gasteiger partial charge is 0.373 e. The van der Waals surface area contributed by atoms with Gasteiger partial charge in [0.2, 0.25) is 0 Å². The van der Waals surface area contributed by atoms with E-state index in [0.29, 0.717) is 0 Å². The average Bonchev–Trinajstić information content (AvgIpc) is 2.33. The lowest BCUT2D eigenvalue weighted by Crippen LogP contribution is -2.44. The van der Waals surface area contributed by atoms with E-state index in [1.807, 2.05) is 14.0 Å². The summed E-state index contributed by atoms with van der Waals surface area (Å²) in [6.45, 7) is 8.09. The van der Waals surface area contributed by atoms with Crippen molar-refractivity contribution in [2.45, 2.75) is 13.8 Å². The highest BCUT2D eigenvalue weighted by molar-refractivity contribution is 5.58. The summed E-state index contributed by atoms with van der Waals surface area (Å²) >= 11 is 0. The van der Waals surface area contributed by atoms with Gasteiger partial charge in [0.25, 0.3) is 0 Å². The molecule has 0 unspecified atom stereocenters. The highest BCUT2D eigenvalue weighted by Gasteiger charge is 2.16. The summed E-state index contributed by atoms with van der Waals surface area (Å²) in [7, 11) is 1.90. The van der Waals surface area contributed by atoms with E-state index >= 15 is 0 Å². The predicted molar refractivity (Wildman–Crippen MR) is 66.1 cm³/mol. The number of aromatic nitrogens is 2. The fraction of sp³-hybridized carbons (Fsp3) is 0.636. The fourth-order valence-corrected chi connectivity index (χ4v) is 2.04. The Balaban J connectivity index is 2.34. The van der Waals surface area contributed by atoms with Gasteiger partial charge >= 0.3 is 0 Å². The van der Waals surface area contributed by atoms with Crippen LogP contribution in [0.25, 0.3) is 0 Å². The third kappa shape index (κ3) is 2.09. The molecule has 1 aliphatic heterocycles. The molecule has 0 saturated carbocycles. The van der Waals surface area contributed by atoms with Crippen LogP contribution in [-0.4, -0.2) is 43.2 Å². The van der Waals surface area contributed by atoms with E-state index in [1.54, 1.807) is 0 Å². The summed E-state index contributed by atoms with van der Waals surface area (Å²) in [6, 6.07) is 0. The SMILES string of the molecule is CNc1nc(C)nc(N2CCNCC2)c1C. The van der Waals surface area contributed by atoms with Gasteiger partial charge in [-0.3, -0.25) is 0 Å². The lowest BCUT2D eigenvalue weighted by molar-refractivity contribution is 0.583. The third-order valence-electron chi connectivity index (χ3n) is 2.89. The molecule has 5 heteroatoms. The van der Waals surface area contributed by atoms with Crippen LogP contribution in [0.15, 0.2) is 0 Å². The molecule has 0 bridgehead atoms. The van der Waals surface area contributed by atoms with Crippen LogP contribution in [0.3, 0.4) is 0 Å². The Labute approximate surface area is 96.3 Å². The molecular weight excluding hydrogens is 202 g/mol. The quantitative estimate of drug-likeness (QED) is 0.763. The van der Waals surface area contributed by atoms with Crippen molar-refractivity contribution in [2.75, 3.05) is 43.4 Å². The molecule has 0 spiro atoms. The Bertz CT molecular complexity index is 371. The van der Waals surface area contributed by atoms with Gasteiger partial charge in [-0.25, -0.2) is 9.97 Å². The smallest absolute Gasteiger partial charge is 0.137 e. The number of nitrogens with one attached hydrogen (secondary N) is 2. The minimum Gasteiger partial charge on any atom is -0.373 e. The van der Waals surface area contributed by atoms with Crippen LogP contribution in [0.2, 0.25) is 0 Å². The molecule has 2 rings (SSSR count). The molecule has 0 aliphatic carbocycles. The van der Waals surface area contributed by atoms with Crippen LogP contribution in [0.5, 0.6) is 0 Å². The Morgan fingerprint density at radius 3 is 2.50 bits per heavy atom. The summed E-state index contributed by atoms with van der Waals surface area (Å²) in [5.41, 5.74) is 1.13. The molecule has 16 heavy (non-hydrogen) atoms. The molecule has 2 heterocycles. The van der Waals surface area contributed by atoms with E-state index in [1.165, 1.54) is 0 Å². The molecule has 88 valence electrons. The van der Waals surface area contributed by atoms with Crippen molar-refractivity contribution in [2.24, 2.45) is 0 Å². The number of aryl methyl sites for hydroxylation is 1. The van der Waals surface area contributed by atoms with Gasteiger partial charge in [-0.15, -0.1) is 0 Å². The average molecular weight is 221 g/mol. The number of anilines is 2. The van der Waals surface area contributed by atoms with Gasteiger partial charge in [0.1, 0.15) is 17.5 Å². The fourth-order valence-electron chi connectivity index (χ4n) is 2.04. The van der Waals surface area contributed by atoms with Crippen molar-refractivity contribution in [3.63, 3.8) is 0 Å². The van der Waals surface area contributed by atoms with Gasteiger partial charge < -0.3 is 15.5 Å². The van der Waals surface area contributed by atoms with Crippen LogP contribution >= 0.6 is 0 Å². The van der Waals surface area contributed by atoms with E-state index in [9.17, 15) is 0 Å². The number of piperazine rings is 1. The molecule has 0 amide bonds. The molecular formula is C11H19N5. The van der Waals surface area contributed by atoms with E-state index in [0.717, 1.165) is 49.2 Å². The van der Waals surface area contributed by atoms with Crippen LogP contribution in [-0.2, 0) is 0 Å². The van der Waals surface area contributed by atoms with Crippen LogP contribution in [0.4, 0.5) is 11.6 Å². The molecule has 5 nitrogen and oxygen atoms in total. The first kappa shape index (κ1) is 11.1. The molecule has 1 aromatic heterocycles. The summed E-state index contributed by atoms with van der Waals surface area (Å²) in [6.07, 6.45) is 0. The zero-order chi connectivity index (χ0) is 11.5. The minimum absolute atomic E-state index is 0.823. The third-order valence-corrected chi connectivity index (χ3v) is 2.89. The van der Waals surface area contributed by atoms with Crippen molar-refractivity contribution in [3.05, 3.63) is 11.4 Å². The van der Waals surface area contributed by atoms with Crippen LogP contribution < -0.4 is 15.5 Å². The van der Waals surface area contributed by atoms with Gasteiger partial charge in [-0.1, -0.05) is 0 Å². The second-order valence-corrected chi connectivity index (χ2v) is 4.06. The summed E-state index contributed by atoms with van der Waals surface area (Å²) < 4.78 is 0. The molecule has 0 aromatic carbocycles. The molecule has 1 saturated heterocycles. The second kappa shape index (κ2) is 4.65. The van der Waals surface area contributed by atoms with Crippen molar-refractivity contribution < 1.29 is 0 Å². The Morgan fingerprint density at radius 2 is 1.88 bits per heavy atom. The summed E-state index contributed by atoms with van der Waals surface area (Å²) in [5, 5.41) is 6.47. The molecule has 1 aromatic rings. The lowest BCUT2D eigenvalue weighted by atomic mass is 10.2. The van der Waals surface area contributed by atoms with Gasteiger partial charge in [-0.05, 0) is 13.8 Å². The van der Waals surface area contributed by atoms with Gasteiger partial charge in [-0.2, -0.15) is 0 Å². The van der Waals surface area contributed by atoms with Gasteiger partial charge in [0.05, 0.1) is 0 Å². The molecule has 1 fully saturated rings. The minimum atomic E-state index is 0.823. The molecule has 0 atom stereocenters. The van der Waals surface area contributed by atoms with Crippen molar-refractivity contribution in [1.29, 1.82) is 0 Å². The first-order valence-corrected chi connectivity index (χ1v) is 5.71. The predicted octanol–water partition coefficient (Wildman–Crippen LogP) is 0.545. The van der Waals surface area contributed by atoms with E-state index in [2.05, 4.69) is 32.4 Å². The normalized spacial score (nSPS) is 16.3. The molecule has 0 radical (unpaired) electrons. The second-order valence-electron chi connectivity index (χ2n) is 4.06. The molecule has 1 aliphatic rings. The first-order chi connectivity index (χ1) is 7.72. The van der Waals surface area contributed by atoms with Crippen molar-refractivity contribution in [1.82, 2.24) is 15.3 Å². The van der Waals surface area contributed by atoms with E-state index in [-0.39, 0.29) is 0 Å². The summed E-state index contributed by atoms with van der Waals surface area (Å²) in [5.74, 6) is 2.82. The first-order valence-electron chi connectivity index (χ1n) is 5.71. The maximum atomic E-state index is 4.55. The number of nitrogens with zero attached hydrogens (tertiary/aromatic N) is 3. The number of hydrogen-bond donors (Lipinski definition) is 2. The molecule has 2 N–H and O–H groups in total. The highest BCUT2D eigenvalue weighted by atomic mass is 15.2. The Morgan fingerprint density at radius 1 is 1.19 bits per heavy atom. The maximum Gasteiger partial charge on any atom is 0.137 e. The van der Waals surface area contributed by atoms with Crippen LogP contribution in [0, 0.1) is 13.8 Å². The topological polar surface area (TPSA) is 53.1 Å². The van der Waals surface area contributed by atoms with Gasteiger partial charge in [0.15, 0.2) is 0 Å². The number of rotatable bonds is 2. The van der Waals surface area contributed by atoms with Crippen LogP contribution in [0.1, 0.15) is 11.4 Å². The maximum absolute atomic E-state index is 4.55. The van der Waals surface area contributed by atoms with Gasteiger partial charge in [0, 0.05) is 38.8 Å². The zero-order valence-electron chi connectivity index (χ0n) is 10.2. The number of hydrogen-bond acceptors (Lipinski definition) is 5. The Kier molecular flexibility index (Phi) is 3.24. The highest BCUT2D eigenvalue weighted by Crippen LogP contribution is 2.23. The summed E-state index contributed by atoms with van der Waals surface area (Å²) in [4.78, 5) is 11.3. The van der Waals surface area contributed by atoms with E-state index < -0.39 is 0 Å².